The molecule has 0 aliphatic heterocycles. The highest BCUT2D eigenvalue weighted by molar-refractivity contribution is 5.73. The highest BCUT2D eigenvalue weighted by Crippen LogP contribution is 2.36. The number of aromatic nitrogens is 1. The molecule has 0 spiro atoms. The van der Waals surface area contributed by atoms with Gasteiger partial charge in [-0.1, -0.05) is 75.4 Å². The first-order valence-electron chi connectivity index (χ1n) is 9.82. The summed E-state index contributed by atoms with van der Waals surface area (Å²) in [4.78, 5) is 4.71. The predicted molar refractivity (Wildman–Crippen MR) is 113 cm³/mol. The zero-order valence-corrected chi connectivity index (χ0v) is 16.2. The van der Waals surface area contributed by atoms with Crippen molar-refractivity contribution < 1.29 is 0 Å². The van der Waals surface area contributed by atoms with Crippen molar-refractivity contribution in [2.75, 3.05) is 0 Å². The second-order valence-corrected chi connectivity index (χ2v) is 7.07. The molecular formula is C25H29N. The van der Waals surface area contributed by atoms with Crippen molar-refractivity contribution in [1.29, 1.82) is 0 Å². The minimum atomic E-state index is 0.494. The standard InChI is InChI=1S/C25H29N/c1-4-6-9-19(3)23-10-7-8-11-24(23)25-18-22(16-17-26-25)21-14-12-20(5-2)13-15-21/h6-9,11-19,23H,4-5,10H2,1-3H3. The largest absolute Gasteiger partial charge is 0.257 e. The highest BCUT2D eigenvalue weighted by atomic mass is 14.7. The van der Waals surface area contributed by atoms with Gasteiger partial charge in [0.1, 0.15) is 0 Å². The van der Waals surface area contributed by atoms with E-state index in [0.717, 1.165) is 25.0 Å². The average Bonchev–Trinajstić information content (AvgIpc) is 2.72. The molecule has 0 bridgehead atoms. The Bertz CT molecular complexity index is 808. The molecule has 1 heteroatoms. The Balaban J connectivity index is 1.91. The summed E-state index contributed by atoms with van der Waals surface area (Å²) < 4.78 is 0. The fourth-order valence-electron chi connectivity index (χ4n) is 3.61. The molecule has 1 aliphatic carbocycles. The van der Waals surface area contributed by atoms with E-state index in [1.54, 1.807) is 0 Å². The van der Waals surface area contributed by atoms with E-state index in [-0.39, 0.29) is 0 Å². The summed E-state index contributed by atoms with van der Waals surface area (Å²) in [5, 5.41) is 0. The third-order valence-electron chi connectivity index (χ3n) is 5.26. The van der Waals surface area contributed by atoms with Gasteiger partial charge in [0.25, 0.3) is 0 Å². The van der Waals surface area contributed by atoms with Crippen LogP contribution in [0.1, 0.15) is 44.9 Å². The summed E-state index contributed by atoms with van der Waals surface area (Å²) in [6, 6.07) is 13.2. The van der Waals surface area contributed by atoms with Gasteiger partial charge in [0.15, 0.2) is 0 Å². The molecule has 0 fully saturated rings. The van der Waals surface area contributed by atoms with E-state index in [1.165, 1.54) is 22.3 Å². The molecule has 0 saturated carbocycles. The molecule has 2 aromatic rings. The molecule has 0 amide bonds. The summed E-state index contributed by atoms with van der Waals surface area (Å²) in [6.45, 7) is 6.70. The third-order valence-corrected chi connectivity index (χ3v) is 5.26. The molecule has 0 radical (unpaired) electrons. The van der Waals surface area contributed by atoms with Crippen LogP contribution in [-0.2, 0) is 6.42 Å². The van der Waals surface area contributed by atoms with E-state index in [4.69, 9.17) is 4.98 Å². The van der Waals surface area contributed by atoms with Crippen LogP contribution in [0.25, 0.3) is 16.7 Å². The predicted octanol–water partition coefficient (Wildman–Crippen LogP) is 6.87. The average molecular weight is 344 g/mol. The Morgan fingerprint density at radius 1 is 1.12 bits per heavy atom. The number of hydrogen-bond acceptors (Lipinski definition) is 1. The molecular weight excluding hydrogens is 314 g/mol. The summed E-state index contributed by atoms with van der Waals surface area (Å²) >= 11 is 0. The second kappa shape index (κ2) is 8.80. The lowest BCUT2D eigenvalue weighted by molar-refractivity contribution is 0.528. The van der Waals surface area contributed by atoms with Gasteiger partial charge in [-0.05, 0) is 65.5 Å². The van der Waals surface area contributed by atoms with Crippen LogP contribution in [-0.4, -0.2) is 4.98 Å². The molecule has 1 nitrogen and oxygen atoms in total. The highest BCUT2D eigenvalue weighted by Gasteiger charge is 2.22. The number of pyridine rings is 1. The fourth-order valence-corrected chi connectivity index (χ4v) is 3.61. The lowest BCUT2D eigenvalue weighted by Gasteiger charge is -2.25. The van der Waals surface area contributed by atoms with Gasteiger partial charge in [-0.25, -0.2) is 0 Å². The maximum atomic E-state index is 4.71. The van der Waals surface area contributed by atoms with Crippen LogP contribution in [0.3, 0.4) is 0 Å². The van der Waals surface area contributed by atoms with Crippen LogP contribution in [0.4, 0.5) is 0 Å². The number of rotatable bonds is 6. The molecule has 2 atom stereocenters. The third kappa shape index (κ3) is 4.22. The smallest absolute Gasteiger partial charge is 0.0670 e. The molecule has 26 heavy (non-hydrogen) atoms. The summed E-state index contributed by atoms with van der Waals surface area (Å²) in [5.41, 5.74) is 6.33. The number of allylic oxidation sites excluding steroid dienone is 6. The van der Waals surface area contributed by atoms with Gasteiger partial charge < -0.3 is 0 Å². The van der Waals surface area contributed by atoms with Gasteiger partial charge in [-0.3, -0.25) is 4.98 Å². The van der Waals surface area contributed by atoms with Crippen LogP contribution < -0.4 is 0 Å². The molecule has 0 N–H and O–H groups in total. The van der Waals surface area contributed by atoms with Gasteiger partial charge >= 0.3 is 0 Å². The molecule has 1 heterocycles. The lowest BCUT2D eigenvalue weighted by atomic mass is 9.79. The van der Waals surface area contributed by atoms with Gasteiger partial charge in [0.05, 0.1) is 5.69 Å². The molecule has 1 aromatic carbocycles. The van der Waals surface area contributed by atoms with E-state index in [2.05, 4.69) is 87.5 Å². The lowest BCUT2D eigenvalue weighted by Crippen LogP contribution is -2.14. The quantitative estimate of drug-likeness (QED) is 0.521. The van der Waals surface area contributed by atoms with Crippen LogP contribution in [0.15, 0.2) is 73.0 Å². The normalized spacial score (nSPS) is 18.1. The van der Waals surface area contributed by atoms with Crippen molar-refractivity contribution in [1.82, 2.24) is 4.98 Å². The minimum Gasteiger partial charge on any atom is -0.257 e. The molecule has 0 saturated heterocycles. The Morgan fingerprint density at radius 3 is 2.65 bits per heavy atom. The van der Waals surface area contributed by atoms with Crippen LogP contribution >= 0.6 is 0 Å². The second-order valence-electron chi connectivity index (χ2n) is 7.07. The van der Waals surface area contributed by atoms with E-state index < -0.39 is 0 Å². The van der Waals surface area contributed by atoms with Crippen LogP contribution in [0.5, 0.6) is 0 Å². The first-order chi connectivity index (χ1) is 12.7. The van der Waals surface area contributed by atoms with E-state index in [1.807, 2.05) is 6.20 Å². The zero-order chi connectivity index (χ0) is 18.4. The van der Waals surface area contributed by atoms with Crippen molar-refractivity contribution in [2.24, 2.45) is 11.8 Å². The monoisotopic (exact) mass is 343 g/mol. The molecule has 2 unspecified atom stereocenters. The Hall–Kier alpha value is -2.41. The van der Waals surface area contributed by atoms with E-state index >= 15 is 0 Å². The van der Waals surface area contributed by atoms with Crippen molar-refractivity contribution in [3.8, 4) is 11.1 Å². The Morgan fingerprint density at radius 2 is 1.92 bits per heavy atom. The topological polar surface area (TPSA) is 12.9 Å². The van der Waals surface area contributed by atoms with Gasteiger partial charge in [0, 0.05) is 6.20 Å². The van der Waals surface area contributed by atoms with Gasteiger partial charge in [-0.15, -0.1) is 0 Å². The fraction of sp³-hybridized carbons (Fsp3) is 0.320. The molecule has 134 valence electrons. The Labute approximate surface area is 158 Å². The SMILES string of the molecule is CCC=CC(C)C1CC=CC=C1c1cc(-c2ccc(CC)cc2)ccn1. The molecule has 1 aliphatic rings. The number of hydrogen-bond donors (Lipinski definition) is 0. The van der Waals surface area contributed by atoms with Crippen molar-refractivity contribution in [3.05, 3.63) is 84.2 Å². The Kier molecular flexibility index (Phi) is 6.22. The van der Waals surface area contributed by atoms with Crippen LogP contribution in [0, 0.1) is 11.8 Å². The van der Waals surface area contributed by atoms with Crippen molar-refractivity contribution in [2.45, 2.75) is 40.0 Å². The summed E-state index contributed by atoms with van der Waals surface area (Å²) in [5.74, 6) is 1.01. The first kappa shape index (κ1) is 18.4. The zero-order valence-electron chi connectivity index (χ0n) is 16.2. The summed E-state index contributed by atoms with van der Waals surface area (Å²) in [6.07, 6.45) is 16.5. The number of benzene rings is 1. The number of aryl methyl sites for hydroxylation is 1. The molecule has 3 rings (SSSR count). The van der Waals surface area contributed by atoms with Gasteiger partial charge in [-0.2, -0.15) is 0 Å². The molecule has 1 aromatic heterocycles. The van der Waals surface area contributed by atoms with Crippen LogP contribution in [0.2, 0.25) is 0 Å². The maximum Gasteiger partial charge on any atom is 0.0670 e. The maximum absolute atomic E-state index is 4.71. The van der Waals surface area contributed by atoms with Crippen molar-refractivity contribution in [3.63, 3.8) is 0 Å². The minimum absolute atomic E-state index is 0.494. The first-order valence-corrected chi connectivity index (χ1v) is 9.82. The van der Waals surface area contributed by atoms with E-state index in [0.29, 0.717) is 11.8 Å². The van der Waals surface area contributed by atoms with E-state index in [9.17, 15) is 0 Å². The summed E-state index contributed by atoms with van der Waals surface area (Å²) in [7, 11) is 0. The number of nitrogens with zero attached hydrogens (tertiary/aromatic N) is 1. The van der Waals surface area contributed by atoms with Crippen molar-refractivity contribution >= 4 is 5.57 Å². The van der Waals surface area contributed by atoms with Gasteiger partial charge in [0.2, 0.25) is 0 Å².